The summed E-state index contributed by atoms with van der Waals surface area (Å²) in [6.45, 7) is 7.28. The van der Waals surface area contributed by atoms with Crippen LogP contribution in [0.15, 0.2) is 72.8 Å². The molecule has 0 fully saturated rings. The van der Waals surface area contributed by atoms with Gasteiger partial charge in [0.15, 0.2) is 0 Å². The average Bonchev–Trinajstić information content (AvgIpc) is 3.11. The lowest BCUT2D eigenvalue weighted by atomic mass is 9.93. The number of esters is 1. The highest BCUT2D eigenvalue weighted by Crippen LogP contribution is 2.34. The van der Waals surface area contributed by atoms with E-state index in [2.05, 4.69) is 86.6 Å². The lowest BCUT2D eigenvalue weighted by molar-refractivity contribution is -0.148. The third kappa shape index (κ3) is 15.9. The van der Waals surface area contributed by atoms with Gasteiger partial charge in [-0.3, -0.25) is 4.79 Å². The molecule has 264 valence electrons. The minimum atomic E-state index is -0.252. The topological polar surface area (TPSA) is 35.5 Å². The van der Waals surface area contributed by atoms with Gasteiger partial charge in [0, 0.05) is 6.42 Å². The van der Waals surface area contributed by atoms with E-state index >= 15 is 0 Å². The van der Waals surface area contributed by atoms with E-state index in [9.17, 15) is 4.79 Å². The lowest BCUT2D eigenvalue weighted by Crippen LogP contribution is -2.08. The van der Waals surface area contributed by atoms with E-state index in [-0.39, 0.29) is 12.1 Å². The molecule has 0 saturated heterocycles. The Bertz CT molecular complexity index is 1230. The fourth-order valence-electron chi connectivity index (χ4n) is 6.51. The van der Waals surface area contributed by atoms with Gasteiger partial charge in [0.1, 0.15) is 11.9 Å². The number of rotatable bonds is 27. The second-order valence-corrected chi connectivity index (χ2v) is 13.8. The Labute approximate surface area is 294 Å². The first-order valence-electron chi connectivity index (χ1n) is 19.7. The monoisotopic (exact) mass is 655 g/mol. The minimum absolute atomic E-state index is 0.0931. The summed E-state index contributed by atoms with van der Waals surface area (Å²) in [6.07, 6.45) is 26.3. The van der Waals surface area contributed by atoms with Crippen LogP contribution in [0.3, 0.4) is 0 Å². The summed E-state index contributed by atoms with van der Waals surface area (Å²) in [5.41, 5.74) is 5.74. The maximum Gasteiger partial charge on any atom is 0.306 e. The molecule has 3 heteroatoms. The number of unbranched alkanes of at least 4 members (excludes halogenated alkanes) is 18. The van der Waals surface area contributed by atoms with E-state index in [1.807, 2.05) is 6.92 Å². The summed E-state index contributed by atoms with van der Waals surface area (Å²) >= 11 is 0. The molecule has 0 bridgehead atoms. The molecule has 3 aromatic rings. The van der Waals surface area contributed by atoms with Crippen molar-refractivity contribution >= 4 is 5.97 Å². The Morgan fingerprint density at radius 3 is 1.42 bits per heavy atom. The van der Waals surface area contributed by atoms with Gasteiger partial charge in [0.25, 0.3) is 0 Å². The highest BCUT2D eigenvalue weighted by Gasteiger charge is 2.13. The van der Waals surface area contributed by atoms with Crippen LogP contribution in [-0.2, 0) is 9.53 Å². The molecule has 0 radical (unpaired) electrons. The molecule has 3 aromatic carbocycles. The lowest BCUT2D eigenvalue weighted by Gasteiger charge is -2.15. The average molecular weight is 655 g/mol. The number of carbonyl (C=O) groups excluding carboxylic acids is 1. The highest BCUT2D eigenvalue weighted by atomic mass is 16.5. The molecule has 0 N–H and O–H groups in total. The minimum Gasteiger partial charge on any atom is -0.494 e. The van der Waals surface area contributed by atoms with Crippen molar-refractivity contribution in [2.75, 3.05) is 6.61 Å². The van der Waals surface area contributed by atoms with Crippen molar-refractivity contribution in [2.24, 2.45) is 0 Å². The van der Waals surface area contributed by atoms with Gasteiger partial charge in [0.2, 0.25) is 0 Å². The van der Waals surface area contributed by atoms with Crippen molar-refractivity contribution in [1.29, 1.82) is 0 Å². The number of benzene rings is 3. The Morgan fingerprint density at radius 2 is 0.938 bits per heavy atom. The van der Waals surface area contributed by atoms with Crippen LogP contribution in [0.2, 0.25) is 0 Å². The number of carbonyl (C=O) groups is 1. The largest absolute Gasteiger partial charge is 0.494 e. The second kappa shape index (κ2) is 25.0. The molecule has 0 aliphatic carbocycles. The molecule has 0 saturated carbocycles. The smallest absolute Gasteiger partial charge is 0.306 e. The third-order valence-corrected chi connectivity index (χ3v) is 9.59. The molecule has 1 atom stereocenters. The summed E-state index contributed by atoms with van der Waals surface area (Å²) in [4.78, 5) is 12.5. The fraction of sp³-hybridized carbons (Fsp3) is 0.578. The van der Waals surface area contributed by atoms with Crippen LogP contribution in [0.5, 0.6) is 5.75 Å². The number of ether oxygens (including phenoxy) is 2. The zero-order chi connectivity index (χ0) is 34.1. The molecule has 0 aliphatic heterocycles. The molecule has 0 aromatic heterocycles. The van der Waals surface area contributed by atoms with Gasteiger partial charge < -0.3 is 9.47 Å². The van der Waals surface area contributed by atoms with Gasteiger partial charge in [-0.25, -0.2) is 0 Å². The molecule has 3 rings (SSSR count). The first-order valence-corrected chi connectivity index (χ1v) is 19.7. The van der Waals surface area contributed by atoms with Crippen LogP contribution < -0.4 is 4.74 Å². The van der Waals surface area contributed by atoms with E-state index < -0.39 is 0 Å². The van der Waals surface area contributed by atoms with Gasteiger partial charge in [-0.2, -0.15) is 0 Å². The molecule has 48 heavy (non-hydrogen) atoms. The van der Waals surface area contributed by atoms with E-state index in [1.54, 1.807) is 0 Å². The summed E-state index contributed by atoms with van der Waals surface area (Å²) in [5.74, 6) is 0.846. The molecular formula is C45H66O3. The van der Waals surface area contributed by atoms with E-state index in [0.29, 0.717) is 6.42 Å². The van der Waals surface area contributed by atoms with Crippen molar-refractivity contribution in [3.05, 3.63) is 78.4 Å². The second-order valence-electron chi connectivity index (χ2n) is 13.8. The van der Waals surface area contributed by atoms with Crippen molar-refractivity contribution in [3.63, 3.8) is 0 Å². The molecule has 1 unspecified atom stereocenters. The van der Waals surface area contributed by atoms with Crippen molar-refractivity contribution < 1.29 is 14.3 Å². The van der Waals surface area contributed by atoms with Crippen LogP contribution in [0.4, 0.5) is 0 Å². The molecule has 0 aliphatic rings. The van der Waals surface area contributed by atoms with Crippen molar-refractivity contribution in [2.45, 2.75) is 162 Å². The van der Waals surface area contributed by atoms with Gasteiger partial charge in [-0.1, -0.05) is 190 Å². The summed E-state index contributed by atoms with van der Waals surface area (Å²) in [7, 11) is 0. The summed E-state index contributed by atoms with van der Waals surface area (Å²) in [5, 5.41) is 0. The highest BCUT2D eigenvalue weighted by molar-refractivity contribution is 5.83. The van der Waals surface area contributed by atoms with Crippen LogP contribution in [0, 0.1) is 0 Å². The van der Waals surface area contributed by atoms with Crippen molar-refractivity contribution in [3.8, 4) is 28.0 Å². The van der Waals surface area contributed by atoms with E-state index in [1.165, 1.54) is 126 Å². The fourth-order valence-corrected chi connectivity index (χ4v) is 6.51. The SMILES string of the molecule is CCCCCCCCCCCCCCOc1ccc(-c2ccccc2-c2ccc(C(C)OC(=O)CCCCCCCCCC)cc2)cc1. The standard InChI is InChI=1S/C45H66O3/c1-4-6-8-10-12-14-15-16-17-19-21-25-37-47-42-35-33-41(34-36-42)44-27-24-23-26-43(44)40-31-29-39(30-32-40)38(3)48-45(46)28-22-20-18-13-11-9-7-5-2/h23-24,26-27,29-36,38H,4-22,25,28,37H2,1-3H3. The quantitative estimate of drug-likeness (QED) is 0.0606. The predicted molar refractivity (Wildman–Crippen MR) is 206 cm³/mol. The first-order chi connectivity index (χ1) is 23.6. The van der Waals surface area contributed by atoms with E-state index in [0.717, 1.165) is 42.7 Å². The molecular weight excluding hydrogens is 588 g/mol. The maximum absolute atomic E-state index is 12.5. The number of hydrogen-bond donors (Lipinski definition) is 0. The molecule has 0 amide bonds. The van der Waals surface area contributed by atoms with Gasteiger partial charge in [-0.05, 0) is 59.7 Å². The van der Waals surface area contributed by atoms with Gasteiger partial charge in [-0.15, -0.1) is 0 Å². The Balaban J connectivity index is 1.38. The summed E-state index contributed by atoms with van der Waals surface area (Å²) in [6, 6.07) is 25.5. The Kier molecular flexibility index (Phi) is 20.5. The molecule has 0 spiro atoms. The van der Waals surface area contributed by atoms with Crippen molar-refractivity contribution in [1.82, 2.24) is 0 Å². The van der Waals surface area contributed by atoms with Crippen LogP contribution in [-0.4, -0.2) is 12.6 Å². The normalized spacial score (nSPS) is 11.8. The zero-order valence-corrected chi connectivity index (χ0v) is 30.8. The third-order valence-electron chi connectivity index (χ3n) is 9.59. The Hall–Kier alpha value is -3.07. The predicted octanol–water partition coefficient (Wildman–Crippen LogP) is 14.2. The van der Waals surface area contributed by atoms with Crippen LogP contribution >= 0.6 is 0 Å². The van der Waals surface area contributed by atoms with Gasteiger partial charge >= 0.3 is 5.97 Å². The zero-order valence-electron chi connectivity index (χ0n) is 30.8. The van der Waals surface area contributed by atoms with Crippen LogP contribution in [0.25, 0.3) is 22.3 Å². The summed E-state index contributed by atoms with van der Waals surface area (Å²) < 4.78 is 11.9. The molecule has 3 nitrogen and oxygen atoms in total. The Morgan fingerprint density at radius 1 is 0.521 bits per heavy atom. The van der Waals surface area contributed by atoms with Crippen LogP contribution in [0.1, 0.15) is 167 Å². The molecule has 0 heterocycles. The van der Waals surface area contributed by atoms with Gasteiger partial charge in [0.05, 0.1) is 6.61 Å². The van der Waals surface area contributed by atoms with E-state index in [4.69, 9.17) is 9.47 Å². The number of hydrogen-bond acceptors (Lipinski definition) is 3. The first kappa shape index (κ1) is 39.4. The maximum atomic E-state index is 12.5.